The van der Waals surface area contributed by atoms with Gasteiger partial charge < -0.3 is 19.4 Å². The smallest absolute Gasteiger partial charge is 0.333 e. The highest BCUT2D eigenvalue weighted by molar-refractivity contribution is 6.45. The Morgan fingerprint density at radius 1 is 0.868 bits per heavy atom. The van der Waals surface area contributed by atoms with Gasteiger partial charge in [-0.15, -0.1) is 0 Å². The molecule has 8 heteroatoms. The van der Waals surface area contributed by atoms with Crippen molar-refractivity contribution in [1.82, 2.24) is 9.88 Å². The van der Waals surface area contributed by atoms with Crippen molar-refractivity contribution in [3.63, 3.8) is 0 Å². The number of carbonyl (C=O) groups is 4. The van der Waals surface area contributed by atoms with Crippen molar-refractivity contribution in [3.05, 3.63) is 119 Å². The third-order valence-electron chi connectivity index (χ3n) is 6.14. The predicted molar refractivity (Wildman–Crippen MR) is 139 cm³/mol. The molecule has 0 unspecified atom stereocenters. The maximum absolute atomic E-state index is 13.0. The number of carbonyl (C=O) groups excluding carboxylic acids is 4. The molecule has 1 aromatic heterocycles. The number of ether oxygens (including phenoxy) is 2. The summed E-state index contributed by atoms with van der Waals surface area (Å²) in [7, 11) is 0. The minimum atomic E-state index is -0.832. The molecule has 0 saturated carbocycles. The Labute approximate surface area is 218 Å². The summed E-state index contributed by atoms with van der Waals surface area (Å²) in [5.74, 6) is -2.39. The Hall–Kier alpha value is -4.98. The van der Waals surface area contributed by atoms with Gasteiger partial charge in [0.1, 0.15) is 13.2 Å². The maximum atomic E-state index is 13.0. The minimum absolute atomic E-state index is 0.0691. The predicted octanol–water partition coefficient (Wildman–Crippen LogP) is 3.72. The SMILES string of the molecule is O=C1C=C(NC(=O)C(=O)c2cn(Cc3ccc(CC(=O)OCc4ccccc4)cc3)c3ccccc23)CO1. The van der Waals surface area contributed by atoms with Crippen molar-refractivity contribution in [2.45, 2.75) is 19.6 Å². The highest BCUT2D eigenvalue weighted by atomic mass is 16.5. The van der Waals surface area contributed by atoms with Crippen LogP contribution in [0.5, 0.6) is 0 Å². The number of nitrogens with one attached hydrogen (secondary N) is 1. The number of cyclic esters (lactones) is 1. The van der Waals surface area contributed by atoms with Gasteiger partial charge in [0.2, 0.25) is 0 Å². The van der Waals surface area contributed by atoms with E-state index in [0.717, 1.165) is 28.3 Å². The van der Waals surface area contributed by atoms with Gasteiger partial charge >= 0.3 is 11.9 Å². The number of benzene rings is 3. The molecule has 38 heavy (non-hydrogen) atoms. The van der Waals surface area contributed by atoms with Crippen LogP contribution in [0.3, 0.4) is 0 Å². The van der Waals surface area contributed by atoms with Crippen LogP contribution in [0.1, 0.15) is 27.0 Å². The molecule has 0 aliphatic carbocycles. The molecule has 1 aliphatic rings. The molecule has 0 atom stereocenters. The van der Waals surface area contributed by atoms with E-state index in [1.807, 2.05) is 71.3 Å². The standard InChI is InChI=1S/C30H24N2O6/c33-27(37-18-22-6-2-1-3-7-22)14-20-10-12-21(13-11-20)16-32-17-25(24-8-4-5-9-26(24)32)29(35)30(36)31-23-15-28(34)38-19-23/h1-13,15,17H,14,16,18-19H2,(H,31,36). The maximum Gasteiger partial charge on any atom is 0.333 e. The van der Waals surface area contributed by atoms with Crippen LogP contribution in [0, 0.1) is 0 Å². The summed E-state index contributed by atoms with van der Waals surface area (Å²) < 4.78 is 12.0. The second kappa shape index (κ2) is 11.0. The highest BCUT2D eigenvalue weighted by Crippen LogP contribution is 2.23. The fourth-order valence-electron chi connectivity index (χ4n) is 4.25. The zero-order chi connectivity index (χ0) is 26.5. The number of esters is 2. The first-order valence-electron chi connectivity index (χ1n) is 12.0. The number of Topliss-reactive ketones (excluding diaryl/α,β-unsaturated/α-hetero) is 1. The van der Waals surface area contributed by atoms with E-state index in [2.05, 4.69) is 5.32 Å². The lowest BCUT2D eigenvalue weighted by Gasteiger charge is -2.08. The van der Waals surface area contributed by atoms with E-state index in [0.29, 0.717) is 11.9 Å². The van der Waals surface area contributed by atoms with Gasteiger partial charge in [-0.1, -0.05) is 72.8 Å². The molecule has 3 aromatic carbocycles. The number of hydrogen-bond donors (Lipinski definition) is 1. The van der Waals surface area contributed by atoms with E-state index in [9.17, 15) is 19.2 Å². The van der Waals surface area contributed by atoms with Crippen molar-refractivity contribution >= 4 is 34.5 Å². The molecule has 0 fully saturated rings. The fraction of sp³-hybridized carbons (Fsp3) is 0.133. The van der Waals surface area contributed by atoms with Gasteiger partial charge in [-0.3, -0.25) is 14.4 Å². The quantitative estimate of drug-likeness (QED) is 0.210. The fourth-order valence-corrected chi connectivity index (χ4v) is 4.25. The first kappa shape index (κ1) is 24.7. The lowest BCUT2D eigenvalue weighted by molar-refractivity contribution is -0.144. The number of ketones is 1. The average molecular weight is 509 g/mol. The molecular formula is C30H24N2O6. The van der Waals surface area contributed by atoms with Gasteiger partial charge in [0.25, 0.3) is 11.7 Å². The van der Waals surface area contributed by atoms with Crippen LogP contribution < -0.4 is 5.32 Å². The second-order valence-corrected chi connectivity index (χ2v) is 8.89. The number of rotatable bonds is 9. The van der Waals surface area contributed by atoms with Crippen molar-refractivity contribution in [2.24, 2.45) is 0 Å². The molecule has 1 aliphatic heterocycles. The average Bonchev–Trinajstić information content (AvgIpc) is 3.51. The number of nitrogens with zero attached hydrogens (tertiary/aromatic N) is 1. The monoisotopic (exact) mass is 508 g/mol. The molecule has 0 bridgehead atoms. The van der Waals surface area contributed by atoms with Gasteiger partial charge in [0, 0.05) is 29.7 Å². The van der Waals surface area contributed by atoms with Crippen LogP contribution in [0.2, 0.25) is 0 Å². The van der Waals surface area contributed by atoms with Crippen LogP contribution in [0.4, 0.5) is 0 Å². The molecule has 190 valence electrons. The van der Waals surface area contributed by atoms with Crippen LogP contribution in [-0.2, 0) is 43.4 Å². The third kappa shape index (κ3) is 5.70. The molecule has 5 rings (SSSR count). The van der Waals surface area contributed by atoms with Crippen LogP contribution >= 0.6 is 0 Å². The van der Waals surface area contributed by atoms with E-state index in [1.165, 1.54) is 0 Å². The van der Waals surface area contributed by atoms with Gasteiger partial charge in [-0.05, 0) is 22.8 Å². The van der Waals surface area contributed by atoms with Crippen LogP contribution in [-0.4, -0.2) is 34.8 Å². The number of fused-ring (bicyclic) bond motifs is 1. The molecule has 8 nitrogen and oxygen atoms in total. The van der Waals surface area contributed by atoms with E-state index in [1.54, 1.807) is 18.3 Å². The zero-order valence-corrected chi connectivity index (χ0v) is 20.4. The molecule has 0 radical (unpaired) electrons. The van der Waals surface area contributed by atoms with Crippen LogP contribution in [0.25, 0.3) is 10.9 Å². The zero-order valence-electron chi connectivity index (χ0n) is 20.4. The summed E-state index contributed by atoms with van der Waals surface area (Å²) in [6.45, 7) is 0.628. The molecule has 0 spiro atoms. The highest BCUT2D eigenvalue weighted by Gasteiger charge is 2.24. The summed E-state index contributed by atoms with van der Waals surface area (Å²) in [4.78, 5) is 49.0. The lowest BCUT2D eigenvalue weighted by atomic mass is 10.1. The molecule has 1 N–H and O–H groups in total. The van der Waals surface area contributed by atoms with E-state index >= 15 is 0 Å². The Morgan fingerprint density at radius 3 is 2.32 bits per heavy atom. The second-order valence-electron chi connectivity index (χ2n) is 8.89. The summed E-state index contributed by atoms with van der Waals surface area (Å²) in [5, 5.41) is 3.10. The number of aromatic nitrogens is 1. The van der Waals surface area contributed by atoms with E-state index < -0.39 is 17.7 Å². The lowest BCUT2D eigenvalue weighted by Crippen LogP contribution is -2.31. The van der Waals surface area contributed by atoms with Crippen molar-refractivity contribution in [2.75, 3.05) is 6.61 Å². The van der Waals surface area contributed by atoms with Gasteiger partial charge in [-0.25, -0.2) is 4.79 Å². The van der Waals surface area contributed by atoms with E-state index in [-0.39, 0.29) is 36.9 Å². The summed E-state index contributed by atoms with van der Waals surface area (Å²) in [5.41, 5.74) is 4.05. The summed E-state index contributed by atoms with van der Waals surface area (Å²) >= 11 is 0. The summed E-state index contributed by atoms with van der Waals surface area (Å²) in [6, 6.07) is 24.5. The molecule has 4 aromatic rings. The number of para-hydroxylation sites is 1. The molecule has 1 amide bonds. The van der Waals surface area contributed by atoms with Gasteiger partial charge in [0.05, 0.1) is 17.7 Å². The van der Waals surface area contributed by atoms with Crippen molar-refractivity contribution in [3.8, 4) is 0 Å². The van der Waals surface area contributed by atoms with Crippen molar-refractivity contribution in [1.29, 1.82) is 0 Å². The minimum Gasteiger partial charge on any atom is -0.461 e. The number of hydrogen-bond acceptors (Lipinski definition) is 6. The Bertz CT molecular complexity index is 1550. The topological polar surface area (TPSA) is 104 Å². The molecule has 0 saturated heterocycles. The van der Waals surface area contributed by atoms with Gasteiger partial charge in [-0.2, -0.15) is 0 Å². The number of amides is 1. The normalized spacial score (nSPS) is 12.6. The Kier molecular flexibility index (Phi) is 7.13. The Balaban J connectivity index is 1.26. The van der Waals surface area contributed by atoms with Gasteiger partial charge in [0.15, 0.2) is 0 Å². The first-order chi connectivity index (χ1) is 18.5. The largest absolute Gasteiger partial charge is 0.461 e. The molecular weight excluding hydrogens is 484 g/mol. The van der Waals surface area contributed by atoms with E-state index in [4.69, 9.17) is 9.47 Å². The van der Waals surface area contributed by atoms with Crippen molar-refractivity contribution < 1.29 is 28.7 Å². The Morgan fingerprint density at radius 2 is 1.58 bits per heavy atom. The summed E-state index contributed by atoms with van der Waals surface area (Å²) in [6.07, 6.45) is 2.98. The molecule has 2 heterocycles. The third-order valence-corrected chi connectivity index (χ3v) is 6.14. The van der Waals surface area contributed by atoms with Crippen LogP contribution in [0.15, 0.2) is 96.8 Å². The first-order valence-corrected chi connectivity index (χ1v) is 12.0.